The second kappa shape index (κ2) is 6.28. The van der Waals surface area contributed by atoms with Crippen molar-refractivity contribution in [3.63, 3.8) is 0 Å². The molecule has 1 saturated heterocycles. The number of rotatable bonds is 4. The molecule has 0 bridgehead atoms. The lowest BCUT2D eigenvalue weighted by atomic mass is 10.3. The van der Waals surface area contributed by atoms with Gasteiger partial charge in [-0.25, -0.2) is 9.97 Å². The summed E-state index contributed by atoms with van der Waals surface area (Å²) in [6, 6.07) is 3.83. The van der Waals surface area contributed by atoms with Crippen LogP contribution in [0.15, 0.2) is 12.3 Å². The molecule has 0 saturated carbocycles. The lowest BCUT2D eigenvalue weighted by Crippen LogP contribution is -2.42. The number of nitrogens with zero attached hydrogens (tertiary/aromatic N) is 4. The number of nitrogens with one attached hydrogen (secondary N) is 1. The van der Waals surface area contributed by atoms with Crippen LogP contribution in [0, 0.1) is 11.3 Å². The van der Waals surface area contributed by atoms with Crippen molar-refractivity contribution in [1.82, 2.24) is 14.9 Å². The van der Waals surface area contributed by atoms with E-state index in [4.69, 9.17) is 10.00 Å². The summed E-state index contributed by atoms with van der Waals surface area (Å²) >= 11 is 0. The van der Waals surface area contributed by atoms with Crippen LogP contribution >= 0.6 is 0 Å². The van der Waals surface area contributed by atoms with Gasteiger partial charge in [-0.1, -0.05) is 0 Å². The van der Waals surface area contributed by atoms with Crippen LogP contribution in [0.1, 0.15) is 12.6 Å². The van der Waals surface area contributed by atoms with Gasteiger partial charge in [0.15, 0.2) is 0 Å². The maximum atomic E-state index is 8.77. The van der Waals surface area contributed by atoms with E-state index in [9.17, 15) is 0 Å². The lowest BCUT2D eigenvalue weighted by molar-refractivity contribution is 0.0368. The number of nitriles is 1. The predicted molar refractivity (Wildman–Crippen MR) is 67.1 cm³/mol. The Bertz CT molecular complexity index is 425. The van der Waals surface area contributed by atoms with Crippen molar-refractivity contribution in [2.75, 3.05) is 38.2 Å². The van der Waals surface area contributed by atoms with E-state index in [0.29, 0.717) is 11.6 Å². The molecule has 6 heteroatoms. The molecule has 1 atom stereocenters. The van der Waals surface area contributed by atoms with Crippen LogP contribution in [-0.4, -0.2) is 53.8 Å². The molecule has 1 unspecified atom stereocenters. The summed E-state index contributed by atoms with van der Waals surface area (Å²) in [5.41, 5.74) is 0.381. The highest BCUT2D eigenvalue weighted by molar-refractivity contribution is 5.30. The van der Waals surface area contributed by atoms with Gasteiger partial charge in [-0.3, -0.25) is 4.90 Å². The second-order valence-electron chi connectivity index (χ2n) is 4.34. The number of hydrogen-bond acceptors (Lipinski definition) is 6. The van der Waals surface area contributed by atoms with Crippen molar-refractivity contribution in [3.8, 4) is 6.07 Å². The molecule has 6 nitrogen and oxygen atoms in total. The first-order valence-corrected chi connectivity index (χ1v) is 6.07. The zero-order chi connectivity index (χ0) is 12.8. The Balaban J connectivity index is 1.86. The molecule has 0 aliphatic carbocycles. The molecule has 1 N–H and O–H groups in total. The summed E-state index contributed by atoms with van der Waals surface area (Å²) in [5, 5.41) is 12.0. The zero-order valence-electron chi connectivity index (χ0n) is 10.5. The SMILES string of the molecule is CC(CN1CCOCC1)Nc1nccc(C#N)n1. The average Bonchev–Trinajstić information content (AvgIpc) is 2.40. The van der Waals surface area contributed by atoms with Crippen LogP contribution in [0.4, 0.5) is 5.95 Å². The largest absolute Gasteiger partial charge is 0.379 e. The Kier molecular flexibility index (Phi) is 4.45. The summed E-state index contributed by atoms with van der Waals surface area (Å²) in [7, 11) is 0. The predicted octanol–water partition coefficient (Wildman–Crippen LogP) is 0.481. The molecule has 2 heterocycles. The van der Waals surface area contributed by atoms with Crippen molar-refractivity contribution in [3.05, 3.63) is 18.0 Å². The van der Waals surface area contributed by atoms with E-state index in [1.807, 2.05) is 6.07 Å². The third kappa shape index (κ3) is 3.65. The highest BCUT2D eigenvalue weighted by Crippen LogP contribution is 2.04. The molecule has 0 radical (unpaired) electrons. The molecular weight excluding hydrogens is 230 g/mol. The van der Waals surface area contributed by atoms with Gasteiger partial charge >= 0.3 is 0 Å². The third-order valence-electron chi connectivity index (χ3n) is 2.78. The summed E-state index contributed by atoms with van der Waals surface area (Å²) in [4.78, 5) is 10.5. The number of anilines is 1. The Labute approximate surface area is 107 Å². The first-order valence-electron chi connectivity index (χ1n) is 6.07. The minimum absolute atomic E-state index is 0.233. The fraction of sp³-hybridized carbons (Fsp3) is 0.583. The molecule has 1 fully saturated rings. The van der Waals surface area contributed by atoms with Crippen molar-refractivity contribution < 1.29 is 4.74 Å². The maximum absolute atomic E-state index is 8.77. The molecule has 18 heavy (non-hydrogen) atoms. The van der Waals surface area contributed by atoms with Crippen molar-refractivity contribution in [2.45, 2.75) is 13.0 Å². The molecule has 0 amide bonds. The molecule has 0 spiro atoms. The van der Waals surface area contributed by atoms with Crippen LogP contribution in [-0.2, 0) is 4.74 Å². The van der Waals surface area contributed by atoms with Gasteiger partial charge in [0.25, 0.3) is 0 Å². The van der Waals surface area contributed by atoms with Crippen LogP contribution in [0.25, 0.3) is 0 Å². The smallest absolute Gasteiger partial charge is 0.224 e. The van der Waals surface area contributed by atoms with Crippen molar-refractivity contribution in [1.29, 1.82) is 5.26 Å². The zero-order valence-corrected chi connectivity index (χ0v) is 10.5. The monoisotopic (exact) mass is 247 g/mol. The quantitative estimate of drug-likeness (QED) is 0.834. The van der Waals surface area contributed by atoms with Gasteiger partial charge in [0.1, 0.15) is 11.8 Å². The van der Waals surface area contributed by atoms with Gasteiger partial charge in [0.05, 0.1) is 13.2 Å². The van der Waals surface area contributed by atoms with Crippen LogP contribution < -0.4 is 5.32 Å². The molecule has 2 rings (SSSR count). The normalized spacial score (nSPS) is 18.0. The van der Waals surface area contributed by atoms with E-state index < -0.39 is 0 Å². The number of hydrogen-bond donors (Lipinski definition) is 1. The molecule has 1 aliphatic heterocycles. The van der Waals surface area contributed by atoms with E-state index in [-0.39, 0.29) is 6.04 Å². The van der Waals surface area contributed by atoms with Gasteiger partial charge in [-0.2, -0.15) is 5.26 Å². The molecule has 0 aromatic carbocycles. The summed E-state index contributed by atoms with van der Waals surface area (Å²) in [6.07, 6.45) is 1.59. The van der Waals surface area contributed by atoms with Crippen molar-refractivity contribution >= 4 is 5.95 Å². The van der Waals surface area contributed by atoms with Crippen LogP contribution in [0.5, 0.6) is 0 Å². The number of aromatic nitrogens is 2. The Hall–Kier alpha value is -1.71. The summed E-state index contributed by atoms with van der Waals surface area (Å²) in [5.74, 6) is 0.509. The van der Waals surface area contributed by atoms with Crippen LogP contribution in [0.2, 0.25) is 0 Å². The average molecular weight is 247 g/mol. The minimum atomic E-state index is 0.233. The van der Waals surface area contributed by atoms with Gasteiger partial charge in [-0.15, -0.1) is 0 Å². The lowest BCUT2D eigenvalue weighted by Gasteiger charge is -2.29. The van der Waals surface area contributed by atoms with E-state index in [2.05, 4.69) is 27.1 Å². The highest BCUT2D eigenvalue weighted by atomic mass is 16.5. The van der Waals surface area contributed by atoms with Crippen molar-refractivity contribution in [2.24, 2.45) is 0 Å². The summed E-state index contributed by atoms with van der Waals surface area (Å²) < 4.78 is 5.31. The molecule has 1 aromatic heterocycles. The van der Waals surface area contributed by atoms with E-state index in [1.165, 1.54) is 0 Å². The fourth-order valence-corrected chi connectivity index (χ4v) is 1.93. The third-order valence-corrected chi connectivity index (χ3v) is 2.78. The van der Waals surface area contributed by atoms with Gasteiger partial charge in [0.2, 0.25) is 5.95 Å². The highest BCUT2D eigenvalue weighted by Gasteiger charge is 2.14. The molecule has 1 aliphatic rings. The first-order chi connectivity index (χ1) is 8.78. The first kappa shape index (κ1) is 12.7. The summed E-state index contributed by atoms with van der Waals surface area (Å²) in [6.45, 7) is 6.53. The van der Waals surface area contributed by atoms with Gasteiger partial charge in [0, 0.05) is 31.9 Å². The van der Waals surface area contributed by atoms with E-state index >= 15 is 0 Å². The van der Waals surface area contributed by atoms with E-state index in [1.54, 1.807) is 12.3 Å². The Morgan fingerprint density at radius 2 is 2.33 bits per heavy atom. The number of morpholine rings is 1. The standard InChI is InChI=1S/C12H17N5O/c1-10(9-17-4-6-18-7-5-17)15-12-14-3-2-11(8-13)16-12/h2-3,10H,4-7,9H2,1H3,(H,14,15,16). The molecule has 96 valence electrons. The molecule has 1 aromatic rings. The Morgan fingerprint density at radius 3 is 3.06 bits per heavy atom. The minimum Gasteiger partial charge on any atom is -0.379 e. The van der Waals surface area contributed by atoms with E-state index in [0.717, 1.165) is 32.8 Å². The molecular formula is C12H17N5O. The van der Waals surface area contributed by atoms with Gasteiger partial charge in [-0.05, 0) is 13.0 Å². The topological polar surface area (TPSA) is 74.1 Å². The van der Waals surface area contributed by atoms with Crippen LogP contribution in [0.3, 0.4) is 0 Å². The van der Waals surface area contributed by atoms with Gasteiger partial charge < -0.3 is 10.1 Å². The fourth-order valence-electron chi connectivity index (χ4n) is 1.93. The maximum Gasteiger partial charge on any atom is 0.224 e. The number of ether oxygens (including phenoxy) is 1. The second-order valence-corrected chi connectivity index (χ2v) is 4.34. The Morgan fingerprint density at radius 1 is 1.56 bits per heavy atom.